The summed E-state index contributed by atoms with van der Waals surface area (Å²) in [5, 5.41) is 0. The molecule has 1 fully saturated rings. The second-order valence-corrected chi connectivity index (χ2v) is 7.84. The Labute approximate surface area is 183 Å². The number of halogens is 1. The molecular weight excluding hydrogens is 397 g/mol. The van der Waals surface area contributed by atoms with Crippen molar-refractivity contribution in [1.82, 2.24) is 9.80 Å². The average Bonchev–Trinajstić information content (AvgIpc) is 2.77. The van der Waals surface area contributed by atoms with Crippen molar-refractivity contribution in [3.05, 3.63) is 65.1 Å². The number of hydrogen-bond acceptors (Lipinski definition) is 6. The molecule has 1 heterocycles. The van der Waals surface area contributed by atoms with Crippen LogP contribution in [0.5, 0.6) is 11.5 Å². The van der Waals surface area contributed by atoms with E-state index in [1.807, 2.05) is 30.0 Å². The van der Waals surface area contributed by atoms with Gasteiger partial charge in [0.25, 0.3) is 0 Å². The molecule has 0 radical (unpaired) electrons. The van der Waals surface area contributed by atoms with Crippen LogP contribution in [0.3, 0.4) is 0 Å². The number of carbonyl (C=O) groups excluding carboxylic acids is 1. The lowest BCUT2D eigenvalue weighted by atomic mass is 10.0. The number of methoxy groups -OCH3 is 1. The summed E-state index contributed by atoms with van der Waals surface area (Å²) in [5.41, 5.74) is 8.24. The molecule has 2 N–H and O–H groups in total. The molecule has 0 spiro atoms. The van der Waals surface area contributed by atoms with Gasteiger partial charge in [-0.3, -0.25) is 4.90 Å². The van der Waals surface area contributed by atoms with Crippen LogP contribution < -0.4 is 15.2 Å². The predicted octanol–water partition coefficient (Wildman–Crippen LogP) is 2.98. The molecule has 31 heavy (non-hydrogen) atoms. The summed E-state index contributed by atoms with van der Waals surface area (Å²) >= 11 is 0. The van der Waals surface area contributed by atoms with Gasteiger partial charge >= 0.3 is 0 Å². The molecule has 0 saturated carbocycles. The van der Waals surface area contributed by atoms with Gasteiger partial charge in [0.2, 0.25) is 0 Å². The van der Waals surface area contributed by atoms with Gasteiger partial charge in [-0.25, -0.2) is 9.18 Å². The molecule has 1 aliphatic heterocycles. The van der Waals surface area contributed by atoms with Crippen LogP contribution >= 0.6 is 0 Å². The fourth-order valence-electron chi connectivity index (χ4n) is 3.89. The Kier molecular flexibility index (Phi) is 7.69. The van der Waals surface area contributed by atoms with Gasteiger partial charge in [0.05, 0.1) is 13.2 Å². The van der Waals surface area contributed by atoms with Crippen LogP contribution in [-0.4, -0.2) is 54.8 Å². The SMILES string of the molecule is COc1cc(CCN)ccc1OCN1C[C@@H](C)N(Cc2ccc(F)cc2)C(=C=O)[C@@H]1C. The Balaban J connectivity index is 1.69. The van der Waals surface area contributed by atoms with Crippen molar-refractivity contribution in [1.29, 1.82) is 0 Å². The number of ether oxygens (including phenoxy) is 2. The zero-order valence-corrected chi connectivity index (χ0v) is 18.3. The van der Waals surface area contributed by atoms with E-state index in [4.69, 9.17) is 15.2 Å². The number of piperazine rings is 1. The van der Waals surface area contributed by atoms with Crippen LogP contribution in [0.4, 0.5) is 4.39 Å². The van der Waals surface area contributed by atoms with Crippen molar-refractivity contribution in [3.63, 3.8) is 0 Å². The first kappa shape index (κ1) is 22.8. The van der Waals surface area contributed by atoms with Crippen molar-refractivity contribution in [2.75, 3.05) is 26.9 Å². The molecule has 2 atom stereocenters. The molecule has 2 aromatic rings. The first-order chi connectivity index (χ1) is 15.0. The zero-order chi connectivity index (χ0) is 22.4. The van der Waals surface area contributed by atoms with E-state index in [0.29, 0.717) is 43.6 Å². The van der Waals surface area contributed by atoms with Gasteiger partial charge in [-0.2, -0.15) is 0 Å². The van der Waals surface area contributed by atoms with Crippen molar-refractivity contribution in [2.45, 2.75) is 38.9 Å². The largest absolute Gasteiger partial charge is 0.493 e. The van der Waals surface area contributed by atoms with Crippen LogP contribution in [0, 0.1) is 5.82 Å². The molecule has 1 saturated heterocycles. The van der Waals surface area contributed by atoms with E-state index in [9.17, 15) is 9.18 Å². The lowest BCUT2D eigenvalue weighted by molar-refractivity contribution is 0.0276. The summed E-state index contributed by atoms with van der Waals surface area (Å²) in [6.07, 6.45) is 0.773. The molecule has 7 heteroatoms. The molecular formula is C24H30FN3O3. The highest BCUT2D eigenvalue weighted by atomic mass is 19.1. The number of nitrogens with two attached hydrogens (primary N) is 1. The van der Waals surface area contributed by atoms with E-state index in [-0.39, 0.29) is 17.9 Å². The Morgan fingerprint density at radius 2 is 1.84 bits per heavy atom. The highest BCUT2D eigenvalue weighted by Crippen LogP contribution is 2.30. The Bertz CT molecular complexity index is 928. The van der Waals surface area contributed by atoms with E-state index in [2.05, 4.69) is 17.8 Å². The molecule has 0 bridgehead atoms. The van der Waals surface area contributed by atoms with Gasteiger partial charge < -0.3 is 20.1 Å². The minimum absolute atomic E-state index is 0.0649. The minimum atomic E-state index is -0.273. The van der Waals surface area contributed by atoms with Crippen molar-refractivity contribution in [2.24, 2.45) is 5.73 Å². The summed E-state index contributed by atoms with van der Waals surface area (Å²) < 4.78 is 24.7. The molecule has 2 aromatic carbocycles. The van der Waals surface area contributed by atoms with Crippen LogP contribution in [-0.2, 0) is 17.8 Å². The molecule has 3 rings (SSSR count). The number of benzene rings is 2. The number of nitrogens with zero attached hydrogens (tertiary/aromatic N) is 2. The number of hydrogen-bond donors (Lipinski definition) is 1. The summed E-state index contributed by atoms with van der Waals surface area (Å²) in [5.74, 6) is 3.16. The molecule has 166 valence electrons. The summed E-state index contributed by atoms with van der Waals surface area (Å²) in [4.78, 5) is 16.0. The highest BCUT2D eigenvalue weighted by molar-refractivity contribution is 5.54. The number of rotatable bonds is 8. The fourth-order valence-corrected chi connectivity index (χ4v) is 3.89. The van der Waals surface area contributed by atoms with E-state index in [1.165, 1.54) is 12.1 Å². The predicted molar refractivity (Wildman–Crippen MR) is 118 cm³/mol. The molecule has 0 amide bonds. The van der Waals surface area contributed by atoms with Crippen molar-refractivity contribution >= 4 is 5.94 Å². The van der Waals surface area contributed by atoms with Gasteiger partial charge in [-0.15, -0.1) is 0 Å². The Morgan fingerprint density at radius 3 is 2.48 bits per heavy atom. The third-order valence-electron chi connectivity index (χ3n) is 5.70. The maximum absolute atomic E-state index is 13.2. The van der Waals surface area contributed by atoms with Gasteiger partial charge in [0, 0.05) is 19.1 Å². The maximum atomic E-state index is 13.2. The van der Waals surface area contributed by atoms with Gasteiger partial charge in [-0.05, 0) is 62.2 Å². The molecule has 0 aliphatic carbocycles. The second kappa shape index (κ2) is 10.4. The van der Waals surface area contributed by atoms with E-state index < -0.39 is 0 Å². The van der Waals surface area contributed by atoms with Crippen LogP contribution in [0.25, 0.3) is 0 Å². The van der Waals surface area contributed by atoms with Gasteiger partial charge in [0.1, 0.15) is 24.2 Å². The first-order valence-corrected chi connectivity index (χ1v) is 10.5. The smallest absolute Gasteiger partial charge is 0.163 e. The Morgan fingerprint density at radius 1 is 1.13 bits per heavy atom. The molecule has 6 nitrogen and oxygen atoms in total. The third-order valence-corrected chi connectivity index (χ3v) is 5.70. The van der Waals surface area contributed by atoms with Crippen molar-refractivity contribution in [3.8, 4) is 11.5 Å². The van der Waals surface area contributed by atoms with Gasteiger partial charge in [-0.1, -0.05) is 18.2 Å². The molecule has 0 unspecified atom stereocenters. The standard InChI is InChI=1S/C24H30FN3O3/c1-17-13-27(16-31-23-9-6-19(10-11-26)12-24(23)30-3)18(2)22(15-29)28(17)14-20-4-7-21(25)8-5-20/h4-9,12,17-18H,10-11,13-14,16,26H2,1-3H3/t17-,18+/m1/s1. The summed E-state index contributed by atoms with van der Waals surface area (Å²) in [7, 11) is 1.61. The normalized spacial score (nSPS) is 19.3. The molecule has 0 aromatic heterocycles. The van der Waals surface area contributed by atoms with Crippen LogP contribution in [0.1, 0.15) is 25.0 Å². The monoisotopic (exact) mass is 427 g/mol. The minimum Gasteiger partial charge on any atom is -0.493 e. The summed E-state index contributed by atoms with van der Waals surface area (Å²) in [6, 6.07) is 12.1. The fraction of sp³-hybridized carbons (Fsp3) is 0.417. The second-order valence-electron chi connectivity index (χ2n) is 7.84. The van der Waals surface area contributed by atoms with E-state index in [1.54, 1.807) is 19.2 Å². The van der Waals surface area contributed by atoms with Gasteiger partial charge in [0.15, 0.2) is 11.5 Å². The maximum Gasteiger partial charge on any atom is 0.163 e. The van der Waals surface area contributed by atoms with E-state index in [0.717, 1.165) is 17.5 Å². The zero-order valence-electron chi connectivity index (χ0n) is 18.3. The third kappa shape index (κ3) is 5.44. The van der Waals surface area contributed by atoms with Crippen LogP contribution in [0.15, 0.2) is 48.2 Å². The van der Waals surface area contributed by atoms with Crippen molar-refractivity contribution < 1.29 is 18.7 Å². The quantitative estimate of drug-likeness (QED) is 0.654. The Hall–Kier alpha value is -2.86. The topological polar surface area (TPSA) is 68.0 Å². The average molecular weight is 428 g/mol. The van der Waals surface area contributed by atoms with Crippen LogP contribution in [0.2, 0.25) is 0 Å². The first-order valence-electron chi connectivity index (χ1n) is 10.5. The lowest BCUT2D eigenvalue weighted by Crippen LogP contribution is -2.55. The lowest BCUT2D eigenvalue weighted by Gasteiger charge is -2.45. The van der Waals surface area contributed by atoms with E-state index >= 15 is 0 Å². The highest BCUT2D eigenvalue weighted by Gasteiger charge is 2.34. The summed E-state index contributed by atoms with van der Waals surface area (Å²) in [6.45, 7) is 6.15. The molecule has 1 aliphatic rings.